The van der Waals surface area contributed by atoms with E-state index < -0.39 is 0 Å². The molecule has 1 amide bonds. The number of aromatic nitrogens is 4. The highest BCUT2D eigenvalue weighted by Gasteiger charge is 2.13. The molecule has 0 saturated heterocycles. The molecule has 0 aliphatic heterocycles. The van der Waals surface area contributed by atoms with Gasteiger partial charge in [-0.15, -0.1) is 5.10 Å². The summed E-state index contributed by atoms with van der Waals surface area (Å²) in [5.41, 5.74) is 0.392. The Morgan fingerprint density at radius 1 is 1.50 bits per heavy atom. The first kappa shape index (κ1) is 15.2. The van der Waals surface area contributed by atoms with Crippen LogP contribution in [0.5, 0.6) is 0 Å². The van der Waals surface area contributed by atoms with Crippen molar-refractivity contribution in [2.45, 2.75) is 26.3 Å². The molecule has 0 atom stereocenters. The summed E-state index contributed by atoms with van der Waals surface area (Å²) in [6.45, 7) is 2.77. The molecule has 106 valence electrons. The van der Waals surface area contributed by atoms with E-state index in [0.29, 0.717) is 17.1 Å². The van der Waals surface area contributed by atoms with Gasteiger partial charge in [-0.2, -0.15) is 4.80 Å². The normalized spacial score (nSPS) is 10.6. The minimum Gasteiger partial charge on any atom is -0.288 e. The predicted molar refractivity (Wildman–Crippen MR) is 84.8 cm³/mol. The lowest BCUT2D eigenvalue weighted by Crippen LogP contribution is -2.14. The Morgan fingerprint density at radius 3 is 3.05 bits per heavy atom. The number of rotatable bonds is 5. The molecular formula is C12H13ClIN5O. The van der Waals surface area contributed by atoms with Crippen LogP contribution >= 0.6 is 34.2 Å². The van der Waals surface area contributed by atoms with Gasteiger partial charge in [-0.05, 0) is 52.4 Å². The molecule has 2 aromatic rings. The summed E-state index contributed by atoms with van der Waals surface area (Å²) in [6, 6.07) is 5.22. The van der Waals surface area contributed by atoms with Crippen molar-refractivity contribution >= 4 is 46.0 Å². The van der Waals surface area contributed by atoms with Crippen LogP contribution in [-0.2, 0) is 6.54 Å². The summed E-state index contributed by atoms with van der Waals surface area (Å²) in [7, 11) is 0. The zero-order valence-corrected chi connectivity index (χ0v) is 13.7. The van der Waals surface area contributed by atoms with Crippen LogP contribution in [0.15, 0.2) is 18.2 Å². The molecule has 0 bridgehead atoms. The lowest BCUT2D eigenvalue weighted by atomic mass is 10.2. The number of halogens is 2. The Balaban J connectivity index is 2.07. The van der Waals surface area contributed by atoms with Gasteiger partial charge >= 0.3 is 0 Å². The maximum Gasteiger partial charge on any atom is 0.270 e. The third kappa shape index (κ3) is 3.89. The highest BCUT2D eigenvalue weighted by atomic mass is 127. The van der Waals surface area contributed by atoms with Crippen LogP contribution < -0.4 is 5.32 Å². The Hall–Kier alpha value is -1.22. The molecule has 6 nitrogen and oxygen atoms in total. The number of anilines is 1. The number of carbonyl (C=O) groups is 1. The van der Waals surface area contributed by atoms with Gasteiger partial charge in [0.2, 0.25) is 0 Å². The maximum absolute atomic E-state index is 12.1. The summed E-state index contributed by atoms with van der Waals surface area (Å²) in [6.07, 6.45) is 2.01. The van der Waals surface area contributed by atoms with Gasteiger partial charge in [-0.3, -0.25) is 10.1 Å². The van der Waals surface area contributed by atoms with E-state index in [4.69, 9.17) is 11.6 Å². The van der Waals surface area contributed by atoms with Gasteiger partial charge in [-0.25, -0.2) is 0 Å². The minimum absolute atomic E-state index is 0.182. The van der Waals surface area contributed by atoms with Crippen molar-refractivity contribution in [1.29, 1.82) is 0 Å². The van der Waals surface area contributed by atoms with E-state index in [-0.39, 0.29) is 11.9 Å². The van der Waals surface area contributed by atoms with Gasteiger partial charge in [-0.1, -0.05) is 30.0 Å². The zero-order chi connectivity index (χ0) is 14.5. The minimum atomic E-state index is -0.344. The number of nitrogens with zero attached hydrogens (tertiary/aromatic N) is 4. The van der Waals surface area contributed by atoms with Crippen molar-refractivity contribution in [2.75, 3.05) is 5.32 Å². The fraction of sp³-hybridized carbons (Fsp3) is 0.333. The van der Waals surface area contributed by atoms with Gasteiger partial charge in [0.1, 0.15) is 0 Å². The lowest BCUT2D eigenvalue weighted by molar-refractivity contribution is 0.102. The third-order valence-corrected chi connectivity index (χ3v) is 3.56. The Labute approximate surface area is 135 Å². The van der Waals surface area contributed by atoms with Crippen LogP contribution in [-0.4, -0.2) is 26.1 Å². The Morgan fingerprint density at radius 2 is 2.30 bits per heavy atom. The molecule has 0 unspecified atom stereocenters. The number of benzene rings is 1. The molecule has 1 N–H and O–H groups in total. The number of tetrazole rings is 1. The SMILES string of the molecule is CCCCn1nnc(NC(=O)c2cc(I)ccc2Cl)n1. The average Bonchev–Trinajstić information content (AvgIpc) is 2.86. The molecule has 0 saturated carbocycles. The second-order valence-electron chi connectivity index (χ2n) is 4.14. The number of aryl methyl sites for hydroxylation is 1. The summed E-state index contributed by atoms with van der Waals surface area (Å²) in [5, 5.41) is 14.7. The van der Waals surface area contributed by atoms with Crippen LogP contribution in [0.2, 0.25) is 5.02 Å². The molecule has 0 spiro atoms. The quantitative estimate of drug-likeness (QED) is 0.776. The Bertz CT molecular complexity index is 616. The number of unbranched alkanes of at least 4 members (excludes halogenated alkanes) is 1. The highest BCUT2D eigenvalue weighted by Crippen LogP contribution is 2.19. The smallest absolute Gasteiger partial charge is 0.270 e. The number of amides is 1. The lowest BCUT2D eigenvalue weighted by Gasteiger charge is -2.03. The number of carbonyl (C=O) groups excluding carboxylic acids is 1. The summed E-state index contributed by atoms with van der Waals surface area (Å²) in [5.74, 6) is -0.162. The van der Waals surface area contributed by atoms with Gasteiger partial charge in [0.05, 0.1) is 17.1 Å². The summed E-state index contributed by atoms with van der Waals surface area (Å²) < 4.78 is 0.928. The van der Waals surface area contributed by atoms with Crippen molar-refractivity contribution in [3.63, 3.8) is 0 Å². The highest BCUT2D eigenvalue weighted by molar-refractivity contribution is 14.1. The molecule has 20 heavy (non-hydrogen) atoms. The molecule has 1 aromatic carbocycles. The maximum atomic E-state index is 12.1. The first-order chi connectivity index (χ1) is 9.60. The largest absolute Gasteiger partial charge is 0.288 e. The average molecular weight is 406 g/mol. The molecule has 0 aliphatic carbocycles. The predicted octanol–water partition coefficient (Wildman–Crippen LogP) is 2.98. The van der Waals surface area contributed by atoms with Crippen molar-refractivity contribution < 1.29 is 4.79 Å². The molecule has 8 heteroatoms. The van der Waals surface area contributed by atoms with Crippen LogP contribution in [0, 0.1) is 3.57 Å². The van der Waals surface area contributed by atoms with E-state index in [9.17, 15) is 4.79 Å². The molecule has 0 radical (unpaired) electrons. The van der Waals surface area contributed by atoms with E-state index in [2.05, 4.69) is 50.2 Å². The number of hydrogen-bond donors (Lipinski definition) is 1. The number of nitrogens with one attached hydrogen (secondary N) is 1. The monoisotopic (exact) mass is 405 g/mol. The van der Waals surface area contributed by atoms with Crippen LogP contribution in [0.1, 0.15) is 30.1 Å². The van der Waals surface area contributed by atoms with E-state index in [0.717, 1.165) is 16.4 Å². The zero-order valence-electron chi connectivity index (χ0n) is 10.8. The van der Waals surface area contributed by atoms with Crippen molar-refractivity contribution in [3.8, 4) is 0 Å². The fourth-order valence-electron chi connectivity index (χ4n) is 1.53. The van der Waals surface area contributed by atoms with Crippen LogP contribution in [0.3, 0.4) is 0 Å². The standard InChI is InChI=1S/C12H13ClIN5O/c1-2-3-6-19-17-12(16-18-19)15-11(20)9-7-8(14)4-5-10(9)13/h4-5,7H,2-3,6H2,1H3,(H,15,17,20). The van der Waals surface area contributed by atoms with Gasteiger partial charge in [0, 0.05) is 3.57 Å². The molecule has 0 aliphatic rings. The first-order valence-corrected chi connectivity index (χ1v) is 7.60. The van der Waals surface area contributed by atoms with Crippen molar-refractivity contribution in [2.24, 2.45) is 0 Å². The molecule has 1 heterocycles. The Kier molecular flexibility index (Phi) is 5.30. The van der Waals surface area contributed by atoms with E-state index in [1.54, 1.807) is 12.1 Å². The van der Waals surface area contributed by atoms with Crippen molar-refractivity contribution in [1.82, 2.24) is 20.2 Å². The first-order valence-electron chi connectivity index (χ1n) is 6.14. The van der Waals surface area contributed by atoms with Gasteiger partial charge in [0.15, 0.2) is 0 Å². The topological polar surface area (TPSA) is 72.7 Å². The fourth-order valence-corrected chi connectivity index (χ4v) is 2.22. The summed E-state index contributed by atoms with van der Waals surface area (Å²) in [4.78, 5) is 13.6. The van der Waals surface area contributed by atoms with Crippen LogP contribution in [0.25, 0.3) is 0 Å². The van der Waals surface area contributed by atoms with Crippen molar-refractivity contribution in [3.05, 3.63) is 32.4 Å². The second-order valence-corrected chi connectivity index (χ2v) is 5.79. The molecule has 1 aromatic heterocycles. The van der Waals surface area contributed by atoms with E-state index in [1.807, 2.05) is 6.07 Å². The second kappa shape index (κ2) is 6.98. The van der Waals surface area contributed by atoms with Crippen LogP contribution in [0.4, 0.5) is 5.95 Å². The third-order valence-electron chi connectivity index (χ3n) is 2.56. The van der Waals surface area contributed by atoms with Gasteiger partial charge < -0.3 is 0 Å². The summed E-state index contributed by atoms with van der Waals surface area (Å²) >= 11 is 8.12. The molecule has 0 fully saturated rings. The van der Waals surface area contributed by atoms with E-state index in [1.165, 1.54) is 4.80 Å². The molecular weight excluding hydrogens is 393 g/mol. The number of hydrogen-bond acceptors (Lipinski definition) is 4. The molecule has 2 rings (SSSR count). The van der Waals surface area contributed by atoms with E-state index >= 15 is 0 Å². The van der Waals surface area contributed by atoms with Gasteiger partial charge in [0.25, 0.3) is 11.9 Å².